The van der Waals surface area contributed by atoms with Crippen LogP contribution in [0.3, 0.4) is 0 Å². The van der Waals surface area contributed by atoms with Crippen molar-refractivity contribution in [1.29, 1.82) is 0 Å². The van der Waals surface area contributed by atoms with Gasteiger partial charge in [0.25, 0.3) is 0 Å². The van der Waals surface area contributed by atoms with Gasteiger partial charge in [0.1, 0.15) is 35.5 Å². The maximum absolute atomic E-state index is 10.9. The molecule has 5 atom stereocenters. The Morgan fingerprint density at radius 3 is 1.49 bits per heavy atom. The van der Waals surface area contributed by atoms with Crippen molar-refractivity contribution < 1.29 is 24.8 Å². The lowest BCUT2D eigenvalue weighted by molar-refractivity contribution is -0.216. The highest BCUT2D eigenvalue weighted by Crippen LogP contribution is 2.41. The van der Waals surface area contributed by atoms with E-state index in [2.05, 4.69) is 0 Å². The van der Waals surface area contributed by atoms with Gasteiger partial charge in [-0.05, 0) is 28.8 Å². The van der Waals surface area contributed by atoms with Gasteiger partial charge in [0.05, 0.1) is 6.61 Å². The Morgan fingerprint density at radius 2 is 1.03 bits per heavy atom. The molecule has 1 saturated heterocycles. The molecule has 0 radical (unpaired) electrons. The highest BCUT2D eigenvalue weighted by molar-refractivity contribution is 7.99. The van der Waals surface area contributed by atoms with Crippen LogP contribution < -0.4 is 0 Å². The van der Waals surface area contributed by atoms with Crippen molar-refractivity contribution in [1.82, 2.24) is 0 Å². The van der Waals surface area contributed by atoms with E-state index >= 15 is 0 Å². The fraction of sp³-hybridized carbons (Fsp3) is 0.226. The monoisotopic (exact) mass is 514 g/mol. The third kappa shape index (κ3) is 5.36. The molecule has 0 amide bonds. The Bertz CT molecular complexity index is 1140. The average molecular weight is 515 g/mol. The van der Waals surface area contributed by atoms with Gasteiger partial charge >= 0.3 is 0 Å². The Morgan fingerprint density at radius 1 is 0.595 bits per heavy atom. The van der Waals surface area contributed by atoms with E-state index in [1.54, 1.807) is 0 Å². The number of ether oxygens (including phenoxy) is 2. The molecule has 1 heterocycles. The minimum Gasteiger partial charge on any atom is -0.387 e. The average Bonchev–Trinajstić information content (AvgIpc) is 2.96. The first-order chi connectivity index (χ1) is 18.1. The van der Waals surface area contributed by atoms with E-state index in [1.165, 1.54) is 11.8 Å². The molecule has 4 aromatic carbocycles. The summed E-state index contributed by atoms with van der Waals surface area (Å²) in [5.74, 6) is 0. The standard InChI is InChI=1S/C31H30O5S/c32-27-26(36-30(29(34)28(27)33)37-25-19-11-4-12-20-25)21-35-31(22-13-5-1-6-14-22,23-15-7-2-8-16-23)24-17-9-3-10-18-24/h1-20,26-30,32-34H,21H2/t26-,27-,28+,29-,30+/m1/s1. The van der Waals surface area contributed by atoms with E-state index in [9.17, 15) is 15.3 Å². The third-order valence-corrected chi connectivity index (χ3v) is 7.84. The summed E-state index contributed by atoms with van der Waals surface area (Å²) in [6.07, 6.45) is -4.81. The van der Waals surface area contributed by atoms with Crippen molar-refractivity contribution in [2.75, 3.05) is 6.61 Å². The van der Waals surface area contributed by atoms with Crippen LogP contribution in [0.4, 0.5) is 0 Å². The van der Waals surface area contributed by atoms with Crippen molar-refractivity contribution in [3.05, 3.63) is 138 Å². The maximum Gasteiger partial charge on any atom is 0.143 e. The van der Waals surface area contributed by atoms with Crippen LogP contribution in [0.5, 0.6) is 0 Å². The van der Waals surface area contributed by atoms with Gasteiger partial charge in [-0.1, -0.05) is 121 Å². The molecule has 1 aliphatic rings. The smallest absolute Gasteiger partial charge is 0.143 e. The fourth-order valence-corrected chi connectivity index (χ4v) is 5.84. The summed E-state index contributed by atoms with van der Waals surface area (Å²) >= 11 is 1.31. The number of aliphatic hydroxyl groups excluding tert-OH is 3. The topological polar surface area (TPSA) is 79.2 Å². The summed E-state index contributed by atoms with van der Waals surface area (Å²) in [7, 11) is 0. The van der Waals surface area contributed by atoms with Gasteiger partial charge in [-0.15, -0.1) is 0 Å². The summed E-state index contributed by atoms with van der Waals surface area (Å²) in [6.45, 7) is -0.0184. The van der Waals surface area contributed by atoms with Crippen LogP contribution in [0.2, 0.25) is 0 Å². The molecular weight excluding hydrogens is 484 g/mol. The lowest BCUT2D eigenvalue weighted by atomic mass is 9.80. The van der Waals surface area contributed by atoms with Crippen LogP contribution in [0, 0.1) is 0 Å². The lowest BCUT2D eigenvalue weighted by Gasteiger charge is -2.42. The fourth-order valence-electron chi connectivity index (χ4n) is 4.76. The van der Waals surface area contributed by atoms with Crippen LogP contribution in [0.1, 0.15) is 16.7 Å². The van der Waals surface area contributed by atoms with Gasteiger partial charge in [-0.3, -0.25) is 0 Å². The molecular formula is C31H30O5S. The first kappa shape index (κ1) is 25.7. The molecule has 5 nitrogen and oxygen atoms in total. The van der Waals surface area contributed by atoms with E-state index < -0.39 is 35.5 Å². The number of hydrogen-bond donors (Lipinski definition) is 3. The predicted molar refractivity (Wildman–Crippen MR) is 144 cm³/mol. The minimum atomic E-state index is -1.37. The SMILES string of the molecule is O[C@@H]1[C@@H](O)[C@H](Sc2ccccc2)O[C@H](COC(c2ccccc2)(c2ccccc2)c2ccccc2)[C@H]1O. The number of aliphatic hydroxyl groups is 3. The molecule has 3 N–H and O–H groups in total. The summed E-state index contributed by atoms with van der Waals surface area (Å²) in [6, 6.07) is 39.3. The Hall–Kier alpha value is -2.97. The molecule has 5 rings (SSSR count). The zero-order valence-corrected chi connectivity index (χ0v) is 21.0. The van der Waals surface area contributed by atoms with Gasteiger partial charge in [0.15, 0.2) is 0 Å². The highest BCUT2D eigenvalue weighted by Gasteiger charge is 2.46. The number of benzene rings is 4. The van der Waals surface area contributed by atoms with Crippen LogP contribution in [0.25, 0.3) is 0 Å². The van der Waals surface area contributed by atoms with Crippen LogP contribution in [0.15, 0.2) is 126 Å². The first-order valence-corrected chi connectivity index (χ1v) is 13.2. The highest BCUT2D eigenvalue weighted by atomic mass is 32.2. The van der Waals surface area contributed by atoms with Gasteiger partial charge < -0.3 is 24.8 Å². The summed E-state index contributed by atoms with van der Waals surface area (Å²) in [5.41, 5.74) is 1.01. The van der Waals surface area contributed by atoms with Crippen molar-refractivity contribution >= 4 is 11.8 Å². The van der Waals surface area contributed by atoms with E-state index in [-0.39, 0.29) is 6.61 Å². The summed E-state index contributed by atoms with van der Waals surface area (Å²) < 4.78 is 13.0. The van der Waals surface area contributed by atoms with Gasteiger partial charge in [-0.2, -0.15) is 0 Å². The molecule has 190 valence electrons. The van der Waals surface area contributed by atoms with Crippen LogP contribution >= 0.6 is 11.8 Å². The van der Waals surface area contributed by atoms with Gasteiger partial charge in [0.2, 0.25) is 0 Å². The molecule has 0 bridgehead atoms. The molecule has 0 spiro atoms. The van der Waals surface area contributed by atoms with Crippen LogP contribution in [-0.4, -0.2) is 51.8 Å². The summed E-state index contributed by atoms with van der Waals surface area (Å²) in [4.78, 5) is 0.891. The van der Waals surface area contributed by atoms with E-state index in [0.717, 1.165) is 21.6 Å². The molecule has 0 saturated carbocycles. The zero-order valence-electron chi connectivity index (χ0n) is 20.2. The molecule has 4 aromatic rings. The molecule has 6 heteroatoms. The predicted octanol–water partition coefficient (Wildman–Crippen LogP) is 4.60. The second-order valence-corrected chi connectivity index (χ2v) is 10.2. The number of thioether (sulfide) groups is 1. The van der Waals surface area contributed by atoms with E-state index in [4.69, 9.17) is 9.47 Å². The number of rotatable bonds is 8. The van der Waals surface area contributed by atoms with Gasteiger partial charge in [-0.25, -0.2) is 0 Å². The Labute approximate surface area is 221 Å². The number of hydrogen-bond acceptors (Lipinski definition) is 6. The second kappa shape index (κ2) is 11.6. The molecule has 1 fully saturated rings. The maximum atomic E-state index is 10.9. The first-order valence-electron chi connectivity index (χ1n) is 12.3. The molecule has 0 aliphatic carbocycles. The Kier molecular flexibility index (Phi) is 8.05. The normalized spacial score (nSPS) is 24.0. The molecule has 0 aromatic heterocycles. The zero-order chi connectivity index (χ0) is 25.7. The molecule has 1 aliphatic heterocycles. The van der Waals surface area contributed by atoms with Crippen molar-refractivity contribution in [3.8, 4) is 0 Å². The van der Waals surface area contributed by atoms with Crippen molar-refractivity contribution in [2.24, 2.45) is 0 Å². The quantitative estimate of drug-likeness (QED) is 0.299. The Balaban J connectivity index is 1.49. The van der Waals surface area contributed by atoms with Crippen molar-refractivity contribution in [2.45, 2.75) is 40.3 Å². The minimum absolute atomic E-state index is 0.0184. The van der Waals surface area contributed by atoms with Gasteiger partial charge in [0, 0.05) is 4.90 Å². The second-order valence-electron chi connectivity index (χ2n) is 9.04. The third-order valence-electron chi connectivity index (χ3n) is 6.67. The largest absolute Gasteiger partial charge is 0.387 e. The van der Waals surface area contributed by atoms with E-state index in [1.807, 2.05) is 121 Å². The van der Waals surface area contributed by atoms with Crippen LogP contribution in [-0.2, 0) is 15.1 Å². The van der Waals surface area contributed by atoms with E-state index in [0.29, 0.717) is 0 Å². The molecule has 37 heavy (non-hydrogen) atoms. The molecule has 0 unspecified atom stereocenters. The van der Waals surface area contributed by atoms with Crippen molar-refractivity contribution in [3.63, 3.8) is 0 Å². The lowest BCUT2D eigenvalue weighted by Crippen LogP contribution is -2.58. The summed E-state index contributed by atoms with van der Waals surface area (Å²) in [5, 5.41) is 32.2.